The van der Waals surface area contributed by atoms with Crippen LogP contribution in [0, 0.1) is 0 Å². The largest absolute Gasteiger partial charge is 0.647 e. The number of likely N-dealkylation sites (N-methyl/N-ethyl adjacent to an activating group) is 3. The van der Waals surface area contributed by atoms with Crippen molar-refractivity contribution in [2.75, 3.05) is 42.3 Å². The highest BCUT2D eigenvalue weighted by molar-refractivity contribution is 7.49. The highest BCUT2D eigenvalue weighted by atomic mass is 31.2. The Kier molecular flexibility index (Phi) is 10.0. The van der Waals surface area contributed by atoms with E-state index in [2.05, 4.69) is 13.6 Å². The van der Waals surface area contributed by atoms with Crippen LogP contribution >= 0.6 is 7.82 Å². The molecule has 164 valence electrons. The first-order valence-corrected chi connectivity index (χ1v) is 9.04. The first kappa shape index (κ1) is 26.1. The molecule has 29 heavy (non-hydrogen) atoms. The van der Waals surface area contributed by atoms with Gasteiger partial charge in [-0.3, -0.25) is 14.4 Å². The average molecular weight is 443 g/mol. The number of hydrogen-bond donors (Lipinski definition) is 0. The number of phosphoric ester groups is 1. The Balaban J connectivity index is 6.17. The first-order chi connectivity index (χ1) is 13.3. The topological polar surface area (TPSA) is 106 Å². The predicted octanol–water partition coefficient (Wildman–Crippen LogP) is 1.84. The summed E-state index contributed by atoms with van der Waals surface area (Å²) in [7, 11) is 1.74. The van der Waals surface area contributed by atoms with Gasteiger partial charge in [-0.2, -0.15) is 4.57 Å². The quantitative estimate of drug-likeness (QED) is 0.304. The standard InChI is InChI=1S/C15H21F3N3O7P/c1-19(2)13(22)10(7-16)26-29(25,27-11(8-17)14(23)20(3)4)28-12(9-18)15(24)21(5)6/h7-9H,1-6H3/b10-7+,11-8+,12-9+. The summed E-state index contributed by atoms with van der Waals surface area (Å²) in [5, 5.41) is 0. The summed E-state index contributed by atoms with van der Waals surface area (Å²) in [4.78, 5) is 38.1. The number of amides is 3. The lowest BCUT2D eigenvalue weighted by Crippen LogP contribution is -2.27. The lowest BCUT2D eigenvalue weighted by atomic mass is 10.5. The minimum atomic E-state index is -5.39. The lowest BCUT2D eigenvalue weighted by Gasteiger charge is -2.23. The molecule has 0 unspecified atom stereocenters. The molecule has 0 heterocycles. The highest BCUT2D eigenvalue weighted by Gasteiger charge is 2.41. The smallest absolute Gasteiger partial charge is 0.377 e. The highest BCUT2D eigenvalue weighted by Crippen LogP contribution is 2.55. The normalized spacial score (nSPS) is 12.8. The van der Waals surface area contributed by atoms with E-state index in [9.17, 15) is 32.1 Å². The van der Waals surface area contributed by atoms with Crippen LogP contribution < -0.4 is 0 Å². The fourth-order valence-electron chi connectivity index (χ4n) is 1.40. The van der Waals surface area contributed by atoms with Crippen LogP contribution in [0.2, 0.25) is 0 Å². The zero-order valence-electron chi connectivity index (χ0n) is 16.5. The van der Waals surface area contributed by atoms with Crippen molar-refractivity contribution in [3.05, 3.63) is 36.3 Å². The number of halogens is 3. The Morgan fingerprint density at radius 3 is 0.966 bits per heavy atom. The van der Waals surface area contributed by atoms with Crippen LogP contribution in [0.1, 0.15) is 0 Å². The third-order valence-corrected chi connectivity index (χ3v) is 4.04. The van der Waals surface area contributed by atoms with E-state index in [-0.39, 0.29) is 0 Å². The van der Waals surface area contributed by atoms with Crippen molar-refractivity contribution in [1.29, 1.82) is 0 Å². The summed E-state index contributed by atoms with van der Waals surface area (Å²) < 4.78 is 66.0. The summed E-state index contributed by atoms with van der Waals surface area (Å²) in [6, 6.07) is 0. The van der Waals surface area contributed by atoms with Crippen molar-refractivity contribution in [3.8, 4) is 0 Å². The molecule has 0 radical (unpaired) electrons. The molecule has 0 saturated heterocycles. The van der Waals surface area contributed by atoms with Crippen molar-refractivity contribution in [2.24, 2.45) is 0 Å². The van der Waals surface area contributed by atoms with Gasteiger partial charge in [0.2, 0.25) is 17.3 Å². The number of hydrogen-bond acceptors (Lipinski definition) is 7. The summed E-state index contributed by atoms with van der Waals surface area (Å²) >= 11 is 0. The minimum absolute atomic E-state index is 0.416. The molecule has 0 N–H and O–H groups in total. The molecule has 0 spiro atoms. The molecule has 0 aliphatic heterocycles. The summed E-state index contributed by atoms with van der Waals surface area (Å²) in [5.74, 6) is -7.25. The van der Waals surface area contributed by atoms with Gasteiger partial charge in [0.25, 0.3) is 17.7 Å². The molecule has 0 aliphatic carbocycles. The molecule has 0 bridgehead atoms. The summed E-state index contributed by atoms with van der Waals surface area (Å²) in [5.41, 5.74) is 0. The molecule has 0 atom stereocenters. The monoisotopic (exact) mass is 443 g/mol. The number of phosphoric acid groups is 1. The molecule has 10 nitrogen and oxygen atoms in total. The minimum Gasteiger partial charge on any atom is -0.377 e. The van der Waals surface area contributed by atoms with Gasteiger partial charge < -0.3 is 28.3 Å². The Bertz CT molecular complexity index is 679. The molecular formula is C15H21F3N3O7P. The van der Waals surface area contributed by atoms with Crippen LogP contribution in [0.15, 0.2) is 36.3 Å². The second kappa shape index (κ2) is 11.1. The first-order valence-electron chi connectivity index (χ1n) is 7.58. The number of carbonyl (C=O) groups excluding carboxylic acids is 3. The van der Waals surface area contributed by atoms with Crippen LogP contribution in [0.4, 0.5) is 13.2 Å². The third-order valence-electron chi connectivity index (χ3n) is 2.78. The predicted molar refractivity (Wildman–Crippen MR) is 94.5 cm³/mol. The van der Waals surface area contributed by atoms with Crippen molar-refractivity contribution < 1.29 is 45.7 Å². The van der Waals surface area contributed by atoms with E-state index in [1.807, 2.05) is 0 Å². The summed E-state index contributed by atoms with van der Waals surface area (Å²) in [6.45, 7) is 0. The van der Waals surface area contributed by atoms with Crippen molar-refractivity contribution >= 4 is 25.5 Å². The SMILES string of the molecule is CN(C)C(=O)/C(=C\F)OP(=O)(O/C(=C/F)C(=O)N(C)C)O/C(=C/F)C(=O)N(C)C. The molecule has 0 aromatic carbocycles. The van der Waals surface area contributed by atoms with Crippen LogP contribution in [-0.4, -0.2) is 74.7 Å². The van der Waals surface area contributed by atoms with Crippen LogP contribution in [0.25, 0.3) is 0 Å². The Labute approximate surface area is 165 Å². The van der Waals surface area contributed by atoms with Crippen LogP contribution in [0.3, 0.4) is 0 Å². The van der Waals surface area contributed by atoms with Gasteiger partial charge in [-0.15, -0.1) is 0 Å². The maximum Gasteiger partial charge on any atom is 0.647 e. The van der Waals surface area contributed by atoms with Crippen molar-refractivity contribution in [3.63, 3.8) is 0 Å². The van der Waals surface area contributed by atoms with Gasteiger partial charge in [-0.25, -0.2) is 13.2 Å². The molecule has 0 fully saturated rings. The molecule has 0 rings (SSSR count). The number of rotatable bonds is 9. The Morgan fingerprint density at radius 1 is 0.621 bits per heavy atom. The molecule has 0 aliphatic rings. The van der Waals surface area contributed by atoms with Gasteiger partial charge in [0, 0.05) is 42.3 Å². The zero-order valence-corrected chi connectivity index (χ0v) is 17.4. The van der Waals surface area contributed by atoms with Gasteiger partial charge in [0.05, 0.1) is 0 Å². The zero-order chi connectivity index (χ0) is 22.9. The molecule has 0 aromatic heterocycles. The second-order valence-electron chi connectivity index (χ2n) is 5.74. The fourth-order valence-corrected chi connectivity index (χ4v) is 2.58. The van der Waals surface area contributed by atoms with E-state index in [1.54, 1.807) is 0 Å². The Hall–Kier alpha value is -2.95. The number of carbonyl (C=O) groups is 3. The van der Waals surface area contributed by atoms with Gasteiger partial charge >= 0.3 is 7.82 Å². The maximum atomic E-state index is 13.1. The van der Waals surface area contributed by atoms with Crippen LogP contribution in [-0.2, 0) is 32.5 Å². The van der Waals surface area contributed by atoms with Gasteiger partial charge in [-0.05, 0) is 0 Å². The molecule has 0 aromatic rings. The van der Waals surface area contributed by atoms with E-state index in [4.69, 9.17) is 0 Å². The maximum absolute atomic E-state index is 13.1. The van der Waals surface area contributed by atoms with E-state index in [1.165, 1.54) is 42.3 Å². The Morgan fingerprint density at radius 2 is 0.828 bits per heavy atom. The second-order valence-corrected chi connectivity index (χ2v) is 7.18. The van der Waals surface area contributed by atoms with Crippen molar-refractivity contribution in [1.82, 2.24) is 14.7 Å². The molecule has 3 amide bonds. The lowest BCUT2D eigenvalue weighted by molar-refractivity contribution is -0.127. The van der Waals surface area contributed by atoms with Crippen LogP contribution in [0.5, 0.6) is 0 Å². The average Bonchev–Trinajstić information content (AvgIpc) is 2.66. The third kappa shape index (κ3) is 7.53. The van der Waals surface area contributed by atoms with Gasteiger partial charge in [0.15, 0.2) is 0 Å². The van der Waals surface area contributed by atoms with E-state index >= 15 is 0 Å². The fraction of sp³-hybridized carbons (Fsp3) is 0.400. The van der Waals surface area contributed by atoms with E-state index < -0.39 is 61.8 Å². The van der Waals surface area contributed by atoms with Gasteiger partial charge in [0.1, 0.15) is 19.0 Å². The van der Waals surface area contributed by atoms with E-state index in [0.717, 1.165) is 14.7 Å². The van der Waals surface area contributed by atoms with E-state index in [0.29, 0.717) is 0 Å². The molecule has 0 saturated carbocycles. The van der Waals surface area contributed by atoms with Gasteiger partial charge in [-0.1, -0.05) is 0 Å². The number of nitrogens with zero attached hydrogens (tertiary/aromatic N) is 3. The van der Waals surface area contributed by atoms with Crippen molar-refractivity contribution in [2.45, 2.75) is 0 Å². The summed E-state index contributed by atoms with van der Waals surface area (Å²) in [6.07, 6.45) is -1.25. The molecule has 14 heteroatoms. The molecular weight excluding hydrogens is 422 g/mol.